The van der Waals surface area contributed by atoms with Gasteiger partial charge in [-0.05, 0) is 35.9 Å². The Morgan fingerprint density at radius 1 is 1.14 bits per heavy atom. The molecular formula is C15H14Cl2N2O2. The molecule has 0 spiro atoms. The van der Waals surface area contributed by atoms with Crippen molar-refractivity contribution >= 4 is 34.8 Å². The van der Waals surface area contributed by atoms with Gasteiger partial charge in [0.1, 0.15) is 5.75 Å². The number of carbonyl (C=O) groups excluding carboxylic acids is 1. The fraction of sp³-hybridized carbons (Fsp3) is 0.133. The lowest BCUT2D eigenvalue weighted by Crippen LogP contribution is -2.17. The van der Waals surface area contributed by atoms with Gasteiger partial charge in [0.15, 0.2) is 0 Å². The Labute approximate surface area is 132 Å². The van der Waals surface area contributed by atoms with Gasteiger partial charge in [-0.3, -0.25) is 4.79 Å². The zero-order chi connectivity index (χ0) is 15.4. The number of halogens is 2. The second kappa shape index (κ2) is 6.70. The van der Waals surface area contributed by atoms with Crippen molar-refractivity contribution in [3.05, 3.63) is 57.6 Å². The quantitative estimate of drug-likeness (QED) is 0.804. The van der Waals surface area contributed by atoms with Crippen molar-refractivity contribution in [3.63, 3.8) is 0 Å². The van der Waals surface area contributed by atoms with E-state index in [1.807, 2.05) is 0 Å². The maximum absolute atomic E-state index is 11.6. The molecule has 1 amide bonds. The molecule has 0 saturated carbocycles. The van der Waals surface area contributed by atoms with Crippen molar-refractivity contribution in [2.75, 3.05) is 12.4 Å². The average molecular weight is 325 g/mol. The number of phenolic OH excluding ortho intramolecular Hbond substituents is 1. The molecule has 2 aromatic rings. The first-order chi connectivity index (χ1) is 10.0. The smallest absolute Gasteiger partial charge is 0.251 e. The fourth-order valence-corrected chi connectivity index (χ4v) is 2.19. The van der Waals surface area contributed by atoms with Crippen LogP contribution in [-0.2, 0) is 6.54 Å². The molecule has 6 heteroatoms. The maximum atomic E-state index is 11.6. The van der Waals surface area contributed by atoms with Crippen LogP contribution in [0.25, 0.3) is 0 Å². The van der Waals surface area contributed by atoms with E-state index in [-0.39, 0.29) is 11.7 Å². The van der Waals surface area contributed by atoms with Gasteiger partial charge in [0.2, 0.25) is 0 Å². The highest BCUT2D eigenvalue weighted by atomic mass is 35.5. The van der Waals surface area contributed by atoms with Crippen LogP contribution < -0.4 is 10.6 Å². The molecule has 110 valence electrons. The van der Waals surface area contributed by atoms with Gasteiger partial charge in [0.25, 0.3) is 5.91 Å². The van der Waals surface area contributed by atoms with Crippen LogP contribution in [0.5, 0.6) is 5.75 Å². The van der Waals surface area contributed by atoms with Crippen LogP contribution in [0, 0.1) is 0 Å². The van der Waals surface area contributed by atoms with Crippen LogP contribution in [0.4, 0.5) is 5.69 Å². The van der Waals surface area contributed by atoms with Crippen LogP contribution in [0.1, 0.15) is 15.9 Å². The van der Waals surface area contributed by atoms with E-state index in [4.69, 9.17) is 23.2 Å². The maximum Gasteiger partial charge on any atom is 0.251 e. The third-order valence-electron chi connectivity index (χ3n) is 2.95. The zero-order valence-corrected chi connectivity index (χ0v) is 12.8. The number of hydrogen-bond acceptors (Lipinski definition) is 3. The van der Waals surface area contributed by atoms with E-state index in [0.29, 0.717) is 27.8 Å². The summed E-state index contributed by atoms with van der Waals surface area (Å²) < 4.78 is 0. The molecule has 0 fully saturated rings. The number of aromatic hydroxyl groups is 1. The SMILES string of the molecule is CNC(=O)c1ccc(Cl)c(NCc2ccc(O)c(Cl)c2)c1. The summed E-state index contributed by atoms with van der Waals surface area (Å²) in [5.41, 5.74) is 2.06. The number of carbonyl (C=O) groups is 1. The minimum atomic E-state index is -0.178. The molecule has 21 heavy (non-hydrogen) atoms. The lowest BCUT2D eigenvalue weighted by atomic mass is 10.1. The van der Waals surface area contributed by atoms with Crippen molar-refractivity contribution in [2.45, 2.75) is 6.54 Å². The van der Waals surface area contributed by atoms with Gasteiger partial charge in [-0.2, -0.15) is 0 Å². The van der Waals surface area contributed by atoms with E-state index >= 15 is 0 Å². The molecule has 3 N–H and O–H groups in total. The third-order valence-corrected chi connectivity index (χ3v) is 3.58. The first-order valence-corrected chi connectivity index (χ1v) is 6.99. The molecule has 0 aliphatic carbocycles. The molecule has 0 aliphatic heterocycles. The Morgan fingerprint density at radius 3 is 2.57 bits per heavy atom. The number of nitrogens with one attached hydrogen (secondary N) is 2. The van der Waals surface area contributed by atoms with E-state index < -0.39 is 0 Å². The lowest BCUT2D eigenvalue weighted by molar-refractivity contribution is 0.0963. The Hall–Kier alpha value is -1.91. The standard InChI is InChI=1S/C15H14Cl2N2O2/c1-18-15(21)10-3-4-11(16)13(7-10)19-8-9-2-5-14(20)12(17)6-9/h2-7,19-20H,8H2,1H3,(H,18,21). The summed E-state index contributed by atoms with van der Waals surface area (Å²) in [4.78, 5) is 11.6. The van der Waals surface area contributed by atoms with E-state index in [9.17, 15) is 9.90 Å². The summed E-state index contributed by atoms with van der Waals surface area (Å²) in [7, 11) is 1.57. The van der Waals surface area contributed by atoms with Gasteiger partial charge in [-0.1, -0.05) is 29.3 Å². The van der Waals surface area contributed by atoms with Crippen LogP contribution in [0.3, 0.4) is 0 Å². The van der Waals surface area contributed by atoms with E-state index in [1.165, 1.54) is 6.07 Å². The fourth-order valence-electron chi connectivity index (χ4n) is 1.80. The van der Waals surface area contributed by atoms with Crippen LogP contribution in [0.2, 0.25) is 10.0 Å². The number of rotatable bonds is 4. The molecule has 2 aromatic carbocycles. The predicted molar refractivity (Wildman–Crippen MR) is 85.3 cm³/mol. The first-order valence-electron chi connectivity index (χ1n) is 6.24. The van der Waals surface area contributed by atoms with Gasteiger partial charge in [-0.15, -0.1) is 0 Å². The monoisotopic (exact) mass is 324 g/mol. The largest absolute Gasteiger partial charge is 0.506 e. The third kappa shape index (κ3) is 3.80. The lowest BCUT2D eigenvalue weighted by Gasteiger charge is -2.11. The topological polar surface area (TPSA) is 61.4 Å². The Morgan fingerprint density at radius 2 is 1.90 bits per heavy atom. The number of benzene rings is 2. The molecule has 0 aliphatic rings. The number of anilines is 1. The predicted octanol–water partition coefficient (Wildman–Crippen LogP) is 3.67. The molecular weight excluding hydrogens is 311 g/mol. The summed E-state index contributed by atoms with van der Waals surface area (Å²) in [6.07, 6.45) is 0. The van der Waals surface area contributed by atoms with Crippen molar-refractivity contribution in [1.29, 1.82) is 0 Å². The Kier molecular flexibility index (Phi) is 4.94. The van der Waals surface area contributed by atoms with Crippen molar-refractivity contribution in [1.82, 2.24) is 5.32 Å². The van der Waals surface area contributed by atoms with Crippen LogP contribution >= 0.6 is 23.2 Å². The molecule has 0 heterocycles. The Balaban J connectivity index is 2.15. The van der Waals surface area contributed by atoms with E-state index in [0.717, 1.165) is 5.56 Å². The molecule has 0 atom stereocenters. The van der Waals surface area contributed by atoms with Gasteiger partial charge in [-0.25, -0.2) is 0 Å². The second-order valence-electron chi connectivity index (χ2n) is 4.41. The minimum absolute atomic E-state index is 0.0417. The molecule has 0 aromatic heterocycles. The molecule has 0 bridgehead atoms. The summed E-state index contributed by atoms with van der Waals surface area (Å²) in [5.74, 6) is -0.137. The molecule has 0 radical (unpaired) electrons. The number of phenols is 1. The summed E-state index contributed by atoms with van der Waals surface area (Å²) in [5, 5.41) is 15.9. The number of hydrogen-bond donors (Lipinski definition) is 3. The van der Waals surface area contributed by atoms with Crippen LogP contribution in [-0.4, -0.2) is 18.1 Å². The molecule has 0 unspecified atom stereocenters. The molecule has 4 nitrogen and oxygen atoms in total. The zero-order valence-electron chi connectivity index (χ0n) is 11.3. The van der Waals surface area contributed by atoms with Gasteiger partial charge >= 0.3 is 0 Å². The number of amides is 1. The molecule has 2 rings (SSSR count). The highest BCUT2D eigenvalue weighted by Crippen LogP contribution is 2.26. The average Bonchev–Trinajstić information content (AvgIpc) is 2.49. The van der Waals surface area contributed by atoms with Crippen molar-refractivity contribution < 1.29 is 9.90 Å². The van der Waals surface area contributed by atoms with Crippen LogP contribution in [0.15, 0.2) is 36.4 Å². The first kappa shape index (κ1) is 15.5. The van der Waals surface area contributed by atoms with Gasteiger partial charge in [0, 0.05) is 19.2 Å². The highest BCUT2D eigenvalue weighted by Gasteiger charge is 2.08. The summed E-state index contributed by atoms with van der Waals surface area (Å²) >= 11 is 12.0. The van der Waals surface area contributed by atoms with Crippen molar-refractivity contribution in [2.24, 2.45) is 0 Å². The summed E-state index contributed by atoms with van der Waals surface area (Å²) in [6.45, 7) is 0.469. The molecule has 0 saturated heterocycles. The van der Waals surface area contributed by atoms with E-state index in [2.05, 4.69) is 10.6 Å². The Bertz CT molecular complexity index is 675. The summed E-state index contributed by atoms with van der Waals surface area (Å²) in [6, 6.07) is 9.96. The van der Waals surface area contributed by atoms with Gasteiger partial charge in [0.05, 0.1) is 15.7 Å². The van der Waals surface area contributed by atoms with Crippen molar-refractivity contribution in [3.8, 4) is 5.75 Å². The van der Waals surface area contributed by atoms with Gasteiger partial charge < -0.3 is 15.7 Å². The normalized spacial score (nSPS) is 10.2. The highest BCUT2D eigenvalue weighted by molar-refractivity contribution is 6.33. The minimum Gasteiger partial charge on any atom is -0.506 e. The van der Waals surface area contributed by atoms with E-state index in [1.54, 1.807) is 37.4 Å². The second-order valence-corrected chi connectivity index (χ2v) is 5.23.